The molecule has 19 heavy (non-hydrogen) atoms. The lowest BCUT2D eigenvalue weighted by atomic mass is 9.75. The molecule has 0 aromatic heterocycles. The SMILES string of the molecule is O=[N+]([O-])C[C@@H](c1ccc(Cl)cc1)[C@@H]1CCCC[C@H]1O. The Labute approximate surface area is 117 Å². The van der Waals surface area contributed by atoms with Gasteiger partial charge in [-0.2, -0.15) is 0 Å². The number of rotatable bonds is 4. The van der Waals surface area contributed by atoms with Crippen molar-refractivity contribution in [1.29, 1.82) is 0 Å². The van der Waals surface area contributed by atoms with Gasteiger partial charge in [-0.3, -0.25) is 10.1 Å². The van der Waals surface area contributed by atoms with Gasteiger partial charge < -0.3 is 5.11 Å². The van der Waals surface area contributed by atoms with Crippen LogP contribution in [0.1, 0.15) is 37.2 Å². The van der Waals surface area contributed by atoms with E-state index in [1.807, 2.05) is 12.1 Å². The highest BCUT2D eigenvalue weighted by Gasteiger charge is 2.34. The third-order valence-corrected chi connectivity index (χ3v) is 4.19. The van der Waals surface area contributed by atoms with Gasteiger partial charge in [0.05, 0.1) is 12.0 Å². The van der Waals surface area contributed by atoms with E-state index in [-0.39, 0.29) is 23.3 Å². The molecule has 0 saturated heterocycles. The minimum atomic E-state index is -0.436. The summed E-state index contributed by atoms with van der Waals surface area (Å²) in [5, 5.41) is 21.6. The van der Waals surface area contributed by atoms with Crippen LogP contribution < -0.4 is 0 Å². The van der Waals surface area contributed by atoms with E-state index in [1.54, 1.807) is 12.1 Å². The van der Waals surface area contributed by atoms with Gasteiger partial charge in [-0.1, -0.05) is 36.6 Å². The zero-order chi connectivity index (χ0) is 13.8. The van der Waals surface area contributed by atoms with Gasteiger partial charge in [0.15, 0.2) is 0 Å². The summed E-state index contributed by atoms with van der Waals surface area (Å²) in [5.74, 6) is -0.261. The minimum Gasteiger partial charge on any atom is -0.393 e. The maximum atomic E-state index is 10.9. The van der Waals surface area contributed by atoms with E-state index in [2.05, 4.69) is 0 Å². The van der Waals surface area contributed by atoms with E-state index in [0.717, 1.165) is 31.2 Å². The third-order valence-electron chi connectivity index (χ3n) is 3.94. The van der Waals surface area contributed by atoms with Crippen LogP contribution in [0, 0.1) is 16.0 Å². The lowest BCUT2D eigenvalue weighted by Gasteiger charge is -2.32. The molecule has 0 amide bonds. The van der Waals surface area contributed by atoms with Crippen LogP contribution in [0.5, 0.6) is 0 Å². The number of benzene rings is 1. The van der Waals surface area contributed by atoms with Crippen LogP contribution >= 0.6 is 11.6 Å². The fourth-order valence-corrected chi connectivity index (χ4v) is 3.09. The Morgan fingerprint density at radius 1 is 1.32 bits per heavy atom. The average molecular weight is 284 g/mol. The molecule has 1 aromatic rings. The average Bonchev–Trinajstić information content (AvgIpc) is 2.38. The predicted octanol–water partition coefficient (Wildman–Crippen LogP) is 3.25. The van der Waals surface area contributed by atoms with Gasteiger partial charge in [0, 0.05) is 9.95 Å². The first-order chi connectivity index (χ1) is 9.08. The summed E-state index contributed by atoms with van der Waals surface area (Å²) in [4.78, 5) is 10.6. The van der Waals surface area contributed by atoms with Crippen molar-refractivity contribution in [3.8, 4) is 0 Å². The first kappa shape index (κ1) is 14.3. The van der Waals surface area contributed by atoms with Crippen molar-refractivity contribution in [3.05, 3.63) is 45.0 Å². The minimum absolute atomic E-state index is 0.0275. The number of nitrogens with zero attached hydrogens (tertiary/aromatic N) is 1. The molecule has 0 aliphatic heterocycles. The Morgan fingerprint density at radius 2 is 1.95 bits per heavy atom. The van der Waals surface area contributed by atoms with E-state index < -0.39 is 6.10 Å². The van der Waals surface area contributed by atoms with Gasteiger partial charge in [-0.05, 0) is 36.5 Å². The fraction of sp³-hybridized carbons (Fsp3) is 0.571. The third kappa shape index (κ3) is 3.67. The highest BCUT2D eigenvalue weighted by molar-refractivity contribution is 6.30. The topological polar surface area (TPSA) is 63.4 Å². The molecule has 5 heteroatoms. The lowest BCUT2D eigenvalue weighted by Crippen LogP contribution is -2.33. The summed E-state index contributed by atoms with van der Waals surface area (Å²) in [6, 6.07) is 7.16. The van der Waals surface area contributed by atoms with Crippen molar-refractivity contribution in [1.82, 2.24) is 0 Å². The summed E-state index contributed by atoms with van der Waals surface area (Å²) >= 11 is 5.85. The molecular formula is C14H18ClNO3. The second-order valence-electron chi connectivity index (χ2n) is 5.19. The Hall–Kier alpha value is -1.13. The zero-order valence-electron chi connectivity index (χ0n) is 10.7. The van der Waals surface area contributed by atoms with Crippen molar-refractivity contribution in [2.75, 3.05) is 6.54 Å². The van der Waals surface area contributed by atoms with Gasteiger partial charge in [0.1, 0.15) is 0 Å². The van der Waals surface area contributed by atoms with E-state index >= 15 is 0 Å². The molecule has 0 heterocycles. The van der Waals surface area contributed by atoms with E-state index in [4.69, 9.17) is 11.6 Å². The Balaban J connectivity index is 2.24. The molecule has 104 valence electrons. The first-order valence-corrected chi connectivity index (χ1v) is 7.01. The smallest absolute Gasteiger partial charge is 0.211 e. The van der Waals surface area contributed by atoms with Crippen molar-refractivity contribution >= 4 is 11.6 Å². The van der Waals surface area contributed by atoms with Crippen LogP contribution in [0.2, 0.25) is 5.02 Å². The number of hydrogen-bond donors (Lipinski definition) is 1. The molecule has 1 N–H and O–H groups in total. The van der Waals surface area contributed by atoms with Gasteiger partial charge in [-0.25, -0.2) is 0 Å². The summed E-state index contributed by atoms with van der Waals surface area (Å²) in [6.45, 7) is -0.136. The monoisotopic (exact) mass is 283 g/mol. The van der Waals surface area contributed by atoms with Crippen LogP contribution in [0.3, 0.4) is 0 Å². The molecule has 1 aliphatic rings. The summed E-state index contributed by atoms with van der Waals surface area (Å²) in [7, 11) is 0. The zero-order valence-corrected chi connectivity index (χ0v) is 11.4. The first-order valence-electron chi connectivity index (χ1n) is 6.63. The molecule has 1 aromatic carbocycles. The molecule has 3 atom stereocenters. The molecule has 0 spiro atoms. The molecule has 0 radical (unpaired) electrons. The summed E-state index contributed by atoms with van der Waals surface area (Å²) in [6.07, 6.45) is 3.19. The molecule has 0 bridgehead atoms. The highest BCUT2D eigenvalue weighted by atomic mass is 35.5. The van der Waals surface area contributed by atoms with Crippen molar-refractivity contribution in [3.63, 3.8) is 0 Å². The van der Waals surface area contributed by atoms with Crippen LogP contribution in [-0.4, -0.2) is 22.7 Å². The molecule has 2 rings (SSSR count). The number of nitro groups is 1. The van der Waals surface area contributed by atoms with Gasteiger partial charge in [-0.15, -0.1) is 0 Å². The van der Waals surface area contributed by atoms with Gasteiger partial charge >= 0.3 is 0 Å². The largest absolute Gasteiger partial charge is 0.393 e. The Bertz CT molecular complexity index is 435. The van der Waals surface area contributed by atoms with Crippen LogP contribution in [0.25, 0.3) is 0 Å². The number of aliphatic hydroxyl groups is 1. The number of halogens is 1. The normalized spacial score (nSPS) is 24.9. The van der Waals surface area contributed by atoms with Crippen molar-refractivity contribution < 1.29 is 10.0 Å². The van der Waals surface area contributed by atoms with E-state index in [0.29, 0.717) is 5.02 Å². The fourth-order valence-electron chi connectivity index (χ4n) is 2.97. The quantitative estimate of drug-likeness (QED) is 0.681. The van der Waals surface area contributed by atoms with Crippen molar-refractivity contribution in [2.24, 2.45) is 5.92 Å². The number of hydrogen-bond acceptors (Lipinski definition) is 3. The predicted molar refractivity (Wildman–Crippen MR) is 74.0 cm³/mol. The second-order valence-corrected chi connectivity index (χ2v) is 5.63. The van der Waals surface area contributed by atoms with E-state index in [1.165, 1.54) is 0 Å². The molecule has 4 nitrogen and oxygen atoms in total. The lowest BCUT2D eigenvalue weighted by molar-refractivity contribution is -0.485. The van der Waals surface area contributed by atoms with Crippen LogP contribution in [0.4, 0.5) is 0 Å². The van der Waals surface area contributed by atoms with Crippen LogP contribution in [-0.2, 0) is 0 Å². The summed E-state index contributed by atoms with van der Waals surface area (Å²) in [5.41, 5.74) is 0.895. The maximum Gasteiger partial charge on any atom is 0.211 e. The molecule has 1 saturated carbocycles. The molecule has 0 unspecified atom stereocenters. The molecule has 1 fully saturated rings. The molecule has 1 aliphatic carbocycles. The number of aliphatic hydroxyl groups excluding tert-OH is 1. The summed E-state index contributed by atoms with van der Waals surface area (Å²) < 4.78 is 0. The molecular weight excluding hydrogens is 266 g/mol. The Kier molecular flexibility index (Phi) is 4.77. The van der Waals surface area contributed by atoms with Gasteiger partial charge in [0.2, 0.25) is 6.54 Å². The van der Waals surface area contributed by atoms with Gasteiger partial charge in [0.25, 0.3) is 0 Å². The maximum absolute atomic E-state index is 10.9. The van der Waals surface area contributed by atoms with Crippen molar-refractivity contribution in [2.45, 2.75) is 37.7 Å². The van der Waals surface area contributed by atoms with Crippen LogP contribution in [0.15, 0.2) is 24.3 Å². The standard InChI is InChI=1S/C14H18ClNO3/c15-11-7-5-10(6-8-11)13(9-16(18)19)12-3-1-2-4-14(12)17/h5-8,12-14,17H,1-4,9H2/t12-,13-,14+/m0/s1. The van der Waals surface area contributed by atoms with E-state index in [9.17, 15) is 15.2 Å². The highest BCUT2D eigenvalue weighted by Crippen LogP contribution is 2.36. The second kappa shape index (κ2) is 6.35. The Morgan fingerprint density at radius 3 is 2.53 bits per heavy atom.